The number of esters is 1. The van der Waals surface area contributed by atoms with E-state index < -0.39 is 0 Å². The third kappa shape index (κ3) is 8.39. The third-order valence-electron chi connectivity index (χ3n) is 4.82. The Morgan fingerprint density at radius 3 is 2.31 bits per heavy atom. The zero-order chi connectivity index (χ0) is 21.1. The summed E-state index contributed by atoms with van der Waals surface area (Å²) in [6, 6.07) is 18.6. The van der Waals surface area contributed by atoms with Gasteiger partial charge in [-0.1, -0.05) is 54.1 Å². The summed E-state index contributed by atoms with van der Waals surface area (Å²) in [4.78, 5) is 11.6. The normalized spacial score (nSPS) is 12.2. The molecule has 0 aromatic heterocycles. The predicted octanol–water partition coefficient (Wildman–Crippen LogP) is 6.25. The fourth-order valence-corrected chi connectivity index (χ4v) is 3.13. The molecule has 1 unspecified atom stereocenters. The van der Waals surface area contributed by atoms with Crippen LogP contribution in [0.5, 0.6) is 5.75 Å². The first-order valence-corrected chi connectivity index (χ1v) is 10.1. The van der Waals surface area contributed by atoms with Crippen molar-refractivity contribution in [2.75, 3.05) is 13.7 Å². The second kappa shape index (κ2) is 11.9. The molecule has 0 amide bonds. The zero-order valence-corrected chi connectivity index (χ0v) is 18.0. The number of carbonyl (C=O) groups is 1. The van der Waals surface area contributed by atoms with E-state index >= 15 is 0 Å². The van der Waals surface area contributed by atoms with Gasteiger partial charge >= 0.3 is 5.97 Å². The fraction of sp³-hybridized carbons (Fsp3) is 0.346. The van der Waals surface area contributed by atoms with E-state index in [1.807, 2.05) is 18.2 Å². The molecule has 0 aliphatic carbocycles. The summed E-state index contributed by atoms with van der Waals surface area (Å²) in [6.07, 6.45) is 6.43. The standard InChI is InChI=1S/C26H32O3/c1-20(2)16-17-29-25-13-11-24(12-14-25)21(3)18-23(10-15-26(27)28-4)19-22-8-6-5-7-9-22/h5-9,11-14,16,18,23H,10,15,17,19H2,1-4H3. The van der Waals surface area contributed by atoms with Crippen molar-refractivity contribution in [1.82, 2.24) is 0 Å². The van der Waals surface area contributed by atoms with E-state index in [1.165, 1.54) is 23.8 Å². The molecule has 2 rings (SSSR count). The monoisotopic (exact) mass is 392 g/mol. The Labute approximate surface area is 175 Å². The Balaban J connectivity index is 2.09. The molecule has 0 bridgehead atoms. The molecule has 2 aromatic rings. The van der Waals surface area contributed by atoms with Gasteiger partial charge in [-0.3, -0.25) is 4.79 Å². The topological polar surface area (TPSA) is 35.5 Å². The lowest BCUT2D eigenvalue weighted by Gasteiger charge is -2.15. The first-order chi connectivity index (χ1) is 14.0. The molecule has 0 radical (unpaired) electrons. The zero-order valence-electron chi connectivity index (χ0n) is 18.0. The van der Waals surface area contributed by atoms with Crippen molar-refractivity contribution in [2.45, 2.75) is 40.0 Å². The molecule has 1 atom stereocenters. The second-order valence-electron chi connectivity index (χ2n) is 7.53. The van der Waals surface area contributed by atoms with Gasteiger partial charge in [0.15, 0.2) is 0 Å². The van der Waals surface area contributed by atoms with Crippen molar-refractivity contribution in [1.29, 1.82) is 0 Å². The Kier molecular flexibility index (Phi) is 9.23. The maximum absolute atomic E-state index is 11.6. The Morgan fingerprint density at radius 1 is 1.00 bits per heavy atom. The highest BCUT2D eigenvalue weighted by Gasteiger charge is 2.11. The van der Waals surface area contributed by atoms with Crippen molar-refractivity contribution in [3.05, 3.63) is 83.4 Å². The molecule has 0 saturated heterocycles. The van der Waals surface area contributed by atoms with Crippen molar-refractivity contribution in [2.24, 2.45) is 5.92 Å². The van der Waals surface area contributed by atoms with E-state index in [9.17, 15) is 4.79 Å². The van der Waals surface area contributed by atoms with E-state index in [4.69, 9.17) is 9.47 Å². The third-order valence-corrected chi connectivity index (χ3v) is 4.82. The number of hydrogen-bond donors (Lipinski definition) is 0. The molecule has 0 N–H and O–H groups in total. The van der Waals surface area contributed by atoms with Gasteiger partial charge in [0, 0.05) is 6.42 Å². The molecular weight excluding hydrogens is 360 g/mol. The van der Waals surface area contributed by atoms with Crippen LogP contribution in [0.2, 0.25) is 0 Å². The van der Waals surface area contributed by atoms with E-state index in [1.54, 1.807) is 0 Å². The van der Waals surface area contributed by atoms with E-state index in [2.05, 4.69) is 69.3 Å². The molecule has 154 valence electrons. The minimum atomic E-state index is -0.160. The Bertz CT molecular complexity index is 813. The summed E-state index contributed by atoms with van der Waals surface area (Å²) < 4.78 is 10.6. The van der Waals surface area contributed by atoms with Crippen molar-refractivity contribution < 1.29 is 14.3 Å². The first-order valence-electron chi connectivity index (χ1n) is 10.1. The minimum Gasteiger partial charge on any atom is -0.490 e. The van der Waals surface area contributed by atoms with Crippen LogP contribution in [-0.2, 0) is 16.0 Å². The predicted molar refractivity (Wildman–Crippen MR) is 120 cm³/mol. The number of rotatable bonds is 10. The summed E-state index contributed by atoms with van der Waals surface area (Å²) >= 11 is 0. The molecule has 0 saturated carbocycles. The summed E-state index contributed by atoms with van der Waals surface area (Å²) in [5.74, 6) is 0.975. The number of benzene rings is 2. The molecule has 2 aromatic carbocycles. The highest BCUT2D eigenvalue weighted by molar-refractivity contribution is 5.69. The lowest BCUT2D eigenvalue weighted by molar-refractivity contribution is -0.140. The highest BCUT2D eigenvalue weighted by atomic mass is 16.5. The maximum atomic E-state index is 11.6. The van der Waals surface area contributed by atoms with Crippen molar-refractivity contribution in [3.8, 4) is 5.75 Å². The first kappa shape index (κ1) is 22.5. The van der Waals surface area contributed by atoms with Crippen LogP contribution >= 0.6 is 0 Å². The van der Waals surface area contributed by atoms with Gasteiger partial charge in [-0.15, -0.1) is 0 Å². The van der Waals surface area contributed by atoms with Crippen LogP contribution < -0.4 is 4.74 Å². The second-order valence-corrected chi connectivity index (χ2v) is 7.53. The molecule has 0 aliphatic rings. The van der Waals surface area contributed by atoms with Gasteiger partial charge in [0.25, 0.3) is 0 Å². The van der Waals surface area contributed by atoms with Gasteiger partial charge in [-0.05, 0) is 74.4 Å². The molecule has 3 heteroatoms. The molecule has 0 heterocycles. The SMILES string of the molecule is COC(=O)CCC(C=C(C)c1ccc(OCC=C(C)C)cc1)Cc1ccccc1. The van der Waals surface area contributed by atoms with Gasteiger partial charge in [0.1, 0.15) is 12.4 Å². The lowest BCUT2D eigenvalue weighted by Crippen LogP contribution is -2.08. The van der Waals surface area contributed by atoms with Crippen LogP contribution in [-0.4, -0.2) is 19.7 Å². The summed E-state index contributed by atoms with van der Waals surface area (Å²) in [7, 11) is 1.44. The summed E-state index contributed by atoms with van der Waals surface area (Å²) in [5.41, 5.74) is 4.88. The molecule has 0 aliphatic heterocycles. The maximum Gasteiger partial charge on any atom is 0.305 e. The van der Waals surface area contributed by atoms with E-state index in [0.29, 0.717) is 13.0 Å². The Hall–Kier alpha value is -2.81. The van der Waals surface area contributed by atoms with Crippen LogP contribution in [0, 0.1) is 5.92 Å². The number of ether oxygens (including phenoxy) is 2. The van der Waals surface area contributed by atoms with Gasteiger partial charge in [-0.25, -0.2) is 0 Å². The minimum absolute atomic E-state index is 0.160. The van der Waals surface area contributed by atoms with Gasteiger partial charge in [-0.2, -0.15) is 0 Å². The summed E-state index contributed by atoms with van der Waals surface area (Å²) in [5, 5.41) is 0. The van der Waals surface area contributed by atoms with Crippen molar-refractivity contribution >= 4 is 11.5 Å². The highest BCUT2D eigenvalue weighted by Crippen LogP contribution is 2.24. The van der Waals surface area contributed by atoms with Crippen LogP contribution in [0.15, 0.2) is 72.3 Å². The largest absolute Gasteiger partial charge is 0.490 e. The number of carbonyl (C=O) groups excluding carboxylic acids is 1. The lowest BCUT2D eigenvalue weighted by atomic mass is 9.91. The quantitative estimate of drug-likeness (QED) is 0.354. The number of allylic oxidation sites excluding steroid dienone is 3. The number of methoxy groups -OCH3 is 1. The molecule has 3 nitrogen and oxygen atoms in total. The average Bonchev–Trinajstić information content (AvgIpc) is 2.72. The van der Waals surface area contributed by atoms with Gasteiger partial charge in [0.2, 0.25) is 0 Å². The van der Waals surface area contributed by atoms with Crippen LogP contribution in [0.1, 0.15) is 44.7 Å². The van der Waals surface area contributed by atoms with Crippen LogP contribution in [0.25, 0.3) is 5.57 Å². The summed E-state index contributed by atoms with van der Waals surface area (Å²) in [6.45, 7) is 6.83. The van der Waals surface area contributed by atoms with E-state index in [0.717, 1.165) is 24.2 Å². The van der Waals surface area contributed by atoms with Gasteiger partial charge in [0.05, 0.1) is 7.11 Å². The molecular formula is C26H32O3. The van der Waals surface area contributed by atoms with Crippen LogP contribution in [0.3, 0.4) is 0 Å². The smallest absolute Gasteiger partial charge is 0.305 e. The Morgan fingerprint density at radius 2 is 1.69 bits per heavy atom. The van der Waals surface area contributed by atoms with Gasteiger partial charge < -0.3 is 9.47 Å². The number of hydrogen-bond acceptors (Lipinski definition) is 3. The molecule has 29 heavy (non-hydrogen) atoms. The van der Waals surface area contributed by atoms with Crippen molar-refractivity contribution in [3.63, 3.8) is 0 Å². The molecule has 0 spiro atoms. The molecule has 0 fully saturated rings. The fourth-order valence-electron chi connectivity index (χ4n) is 3.13. The van der Waals surface area contributed by atoms with E-state index in [-0.39, 0.29) is 11.9 Å². The average molecular weight is 393 g/mol. The van der Waals surface area contributed by atoms with Crippen LogP contribution in [0.4, 0.5) is 0 Å².